The smallest absolute Gasteiger partial charge is 0.433 e. The summed E-state index contributed by atoms with van der Waals surface area (Å²) in [5.74, 6) is 1.70. The van der Waals surface area contributed by atoms with Gasteiger partial charge in [0.05, 0.1) is 50.4 Å². The molecule has 0 atom stereocenters. The third kappa shape index (κ3) is 5.30. The molecule has 3 heterocycles. The summed E-state index contributed by atoms with van der Waals surface area (Å²) in [6.45, 7) is 1.83. The van der Waals surface area contributed by atoms with Gasteiger partial charge in [0.25, 0.3) is 5.95 Å². The van der Waals surface area contributed by atoms with Gasteiger partial charge in [-0.25, -0.2) is 9.97 Å². The van der Waals surface area contributed by atoms with Gasteiger partial charge in [0, 0.05) is 16.7 Å². The third-order valence-electron chi connectivity index (χ3n) is 6.40. The molecule has 0 aliphatic rings. The number of benzene rings is 2. The van der Waals surface area contributed by atoms with Crippen molar-refractivity contribution in [2.45, 2.75) is 13.1 Å². The monoisotopic (exact) mass is 582 g/mol. The van der Waals surface area contributed by atoms with Crippen LogP contribution in [0.15, 0.2) is 60.0 Å². The number of hydrogen-bond donors (Lipinski definition) is 0. The molecule has 5 aromatic rings. The van der Waals surface area contributed by atoms with Crippen LogP contribution in [0.25, 0.3) is 39.0 Å². The largest absolute Gasteiger partial charge is 0.493 e. The zero-order chi connectivity index (χ0) is 29.3. The van der Waals surface area contributed by atoms with Gasteiger partial charge in [-0.2, -0.15) is 23.0 Å². The first-order chi connectivity index (χ1) is 19.7. The van der Waals surface area contributed by atoms with Gasteiger partial charge in [-0.3, -0.25) is 0 Å². The van der Waals surface area contributed by atoms with Gasteiger partial charge in [-0.15, -0.1) is 11.3 Å². The van der Waals surface area contributed by atoms with Gasteiger partial charge < -0.3 is 18.9 Å². The summed E-state index contributed by atoms with van der Waals surface area (Å²) >= 11 is 1.28. The molecule has 0 fully saturated rings. The van der Waals surface area contributed by atoms with Crippen molar-refractivity contribution in [3.8, 4) is 62.0 Å². The van der Waals surface area contributed by atoms with Gasteiger partial charge in [0.1, 0.15) is 0 Å². The highest BCUT2D eigenvalue weighted by Gasteiger charge is 2.35. The molecule has 12 heteroatoms. The van der Waals surface area contributed by atoms with E-state index in [0.717, 1.165) is 6.07 Å². The molecule has 3 aromatic heterocycles. The average molecular weight is 583 g/mol. The van der Waals surface area contributed by atoms with Gasteiger partial charge >= 0.3 is 6.18 Å². The number of nitrogens with zero attached hydrogens (tertiary/aromatic N) is 4. The highest BCUT2D eigenvalue weighted by atomic mass is 32.1. The van der Waals surface area contributed by atoms with Crippen molar-refractivity contribution in [3.63, 3.8) is 0 Å². The summed E-state index contributed by atoms with van der Waals surface area (Å²) < 4.78 is 65.2. The van der Waals surface area contributed by atoms with Crippen molar-refractivity contribution in [1.29, 1.82) is 0 Å². The van der Waals surface area contributed by atoms with E-state index in [1.807, 2.05) is 6.92 Å². The van der Waals surface area contributed by atoms with Gasteiger partial charge in [-0.1, -0.05) is 6.07 Å². The van der Waals surface area contributed by atoms with Gasteiger partial charge in [0.2, 0.25) is 0 Å². The lowest BCUT2D eigenvalue weighted by atomic mass is 10.0. The maximum Gasteiger partial charge on any atom is 0.433 e. The molecule has 212 valence electrons. The molecule has 0 spiro atoms. The molecular weight excluding hydrogens is 557 g/mol. The topological polar surface area (TPSA) is 80.5 Å². The Labute approximate surface area is 237 Å². The molecule has 0 bridgehead atoms. The normalized spacial score (nSPS) is 11.4. The quantitative estimate of drug-likeness (QED) is 0.193. The van der Waals surface area contributed by atoms with E-state index < -0.39 is 11.9 Å². The maximum atomic E-state index is 14.0. The minimum atomic E-state index is -4.71. The number of halogens is 3. The maximum absolute atomic E-state index is 14.0. The van der Waals surface area contributed by atoms with Crippen LogP contribution in [0.1, 0.15) is 11.3 Å². The summed E-state index contributed by atoms with van der Waals surface area (Å²) in [7, 11) is 6.07. The van der Waals surface area contributed by atoms with E-state index in [4.69, 9.17) is 24.0 Å². The number of thiophene rings is 1. The summed E-state index contributed by atoms with van der Waals surface area (Å²) in [5, 5.41) is 6.53. The Morgan fingerprint density at radius 1 is 0.756 bits per heavy atom. The van der Waals surface area contributed by atoms with Crippen molar-refractivity contribution >= 4 is 11.3 Å². The van der Waals surface area contributed by atoms with E-state index in [9.17, 15) is 13.2 Å². The van der Waals surface area contributed by atoms with Crippen LogP contribution >= 0.6 is 11.3 Å². The van der Waals surface area contributed by atoms with Crippen molar-refractivity contribution in [2.24, 2.45) is 0 Å². The predicted molar refractivity (Wildman–Crippen MR) is 149 cm³/mol. The number of methoxy groups -OCH3 is 4. The van der Waals surface area contributed by atoms with Crippen LogP contribution in [0.5, 0.6) is 23.0 Å². The second kappa shape index (κ2) is 11.1. The summed E-state index contributed by atoms with van der Waals surface area (Å²) in [5.41, 5.74) is 1.97. The van der Waals surface area contributed by atoms with E-state index in [1.54, 1.807) is 53.9 Å². The standard InChI is InChI=1S/C29H25F3N4O4S/c1-16-26(17-8-10-20(37-2)22(13-17)39-4)35-36(27(16)18-9-11-21(38-3)23(14-18)40-5)28-33-19(24-7-6-12-41-24)15-25(34-28)29(30,31)32/h6-15H,1-5H3. The molecule has 0 radical (unpaired) electrons. The molecule has 0 amide bonds. The minimum Gasteiger partial charge on any atom is -0.493 e. The van der Waals surface area contributed by atoms with Crippen LogP contribution in [0, 0.1) is 6.92 Å². The van der Waals surface area contributed by atoms with Crippen molar-refractivity contribution in [2.75, 3.05) is 28.4 Å². The molecule has 8 nitrogen and oxygen atoms in total. The Morgan fingerprint density at radius 2 is 1.37 bits per heavy atom. The van der Waals surface area contributed by atoms with E-state index in [0.29, 0.717) is 56.0 Å². The molecule has 0 saturated heterocycles. The number of alkyl halides is 3. The summed E-state index contributed by atoms with van der Waals surface area (Å²) in [4.78, 5) is 9.02. The van der Waals surface area contributed by atoms with Gasteiger partial charge in [-0.05, 0) is 60.8 Å². The first-order valence-corrected chi connectivity index (χ1v) is 13.1. The van der Waals surface area contributed by atoms with E-state index in [1.165, 1.54) is 44.5 Å². The van der Waals surface area contributed by atoms with E-state index in [-0.39, 0.29) is 11.6 Å². The zero-order valence-electron chi connectivity index (χ0n) is 22.7. The number of ether oxygens (including phenoxy) is 4. The minimum absolute atomic E-state index is 0.136. The van der Waals surface area contributed by atoms with Crippen LogP contribution < -0.4 is 18.9 Å². The fourth-order valence-electron chi connectivity index (χ4n) is 4.45. The molecule has 0 aliphatic heterocycles. The van der Waals surface area contributed by atoms with Crippen molar-refractivity contribution in [1.82, 2.24) is 19.7 Å². The first kappa shape index (κ1) is 28.0. The number of rotatable bonds is 8. The Morgan fingerprint density at radius 3 is 1.93 bits per heavy atom. The Kier molecular flexibility index (Phi) is 7.59. The highest BCUT2D eigenvalue weighted by Crippen LogP contribution is 2.40. The molecule has 2 aromatic carbocycles. The van der Waals surface area contributed by atoms with Crippen LogP contribution in [0.3, 0.4) is 0 Å². The lowest BCUT2D eigenvalue weighted by Gasteiger charge is -2.13. The summed E-state index contributed by atoms with van der Waals surface area (Å²) in [6.07, 6.45) is -4.71. The molecule has 0 aliphatic carbocycles. The third-order valence-corrected chi connectivity index (χ3v) is 7.30. The van der Waals surface area contributed by atoms with E-state index >= 15 is 0 Å². The highest BCUT2D eigenvalue weighted by molar-refractivity contribution is 7.13. The lowest BCUT2D eigenvalue weighted by molar-refractivity contribution is -0.141. The SMILES string of the molecule is COc1ccc(-c2nn(-c3nc(-c4cccs4)cc(C(F)(F)F)n3)c(-c3ccc(OC)c(OC)c3)c2C)cc1OC. The zero-order valence-corrected chi connectivity index (χ0v) is 23.6. The second-order valence-electron chi connectivity index (χ2n) is 8.79. The number of aromatic nitrogens is 4. The number of hydrogen-bond acceptors (Lipinski definition) is 8. The van der Waals surface area contributed by atoms with Crippen LogP contribution in [0.4, 0.5) is 13.2 Å². The van der Waals surface area contributed by atoms with E-state index in [2.05, 4.69) is 9.97 Å². The summed E-state index contributed by atoms with van der Waals surface area (Å²) in [6, 6.07) is 14.9. The Bertz CT molecular complexity index is 1700. The second-order valence-corrected chi connectivity index (χ2v) is 9.73. The van der Waals surface area contributed by atoms with Crippen LogP contribution in [0.2, 0.25) is 0 Å². The fourth-order valence-corrected chi connectivity index (χ4v) is 5.13. The van der Waals surface area contributed by atoms with Gasteiger partial charge in [0.15, 0.2) is 28.7 Å². The fraction of sp³-hybridized carbons (Fsp3) is 0.207. The van der Waals surface area contributed by atoms with Crippen molar-refractivity contribution < 1.29 is 32.1 Å². The molecule has 0 unspecified atom stereocenters. The van der Waals surface area contributed by atoms with Crippen LogP contribution in [-0.2, 0) is 6.18 Å². The molecule has 0 saturated carbocycles. The van der Waals surface area contributed by atoms with Crippen molar-refractivity contribution in [3.05, 3.63) is 71.2 Å². The lowest BCUT2D eigenvalue weighted by Crippen LogP contribution is -2.14. The molecule has 5 rings (SSSR count). The first-order valence-electron chi connectivity index (χ1n) is 12.2. The molecule has 0 N–H and O–H groups in total. The van der Waals surface area contributed by atoms with Crippen LogP contribution in [-0.4, -0.2) is 48.2 Å². The molecule has 41 heavy (non-hydrogen) atoms. The Balaban J connectivity index is 1.81. The molecular formula is C29H25F3N4O4S. The average Bonchev–Trinajstić information content (AvgIpc) is 3.64. The Hall–Kier alpha value is -4.58. The predicted octanol–water partition coefficient (Wildman–Crippen LogP) is 7.09.